The Hall–Kier alpha value is -3.61. The van der Waals surface area contributed by atoms with Gasteiger partial charge in [-0.1, -0.05) is 40.2 Å². The van der Waals surface area contributed by atoms with Gasteiger partial charge in [0.15, 0.2) is 16.7 Å². The van der Waals surface area contributed by atoms with E-state index in [1.165, 1.54) is 51.9 Å². The number of hydrogen-bond acceptors (Lipinski definition) is 12. The number of β-lactam (4-membered cyclic amide) rings is 1. The third kappa shape index (κ3) is 5.24. The second-order valence-electron chi connectivity index (χ2n) is 6.98. The van der Waals surface area contributed by atoms with E-state index in [2.05, 4.69) is 31.6 Å². The Labute approximate surface area is 211 Å². The molecule has 4 heterocycles. The Morgan fingerprint density at radius 1 is 1.46 bits per heavy atom. The molecule has 4 rings (SSSR count). The average molecular weight is 532 g/mol. The first-order valence-corrected chi connectivity index (χ1v) is 12.8. The zero-order chi connectivity index (χ0) is 24.9. The molecule has 180 valence electrons. The highest BCUT2D eigenvalue weighted by molar-refractivity contribution is 8.01. The van der Waals surface area contributed by atoms with Gasteiger partial charge in [-0.2, -0.15) is 0 Å². The molecule has 1 saturated heterocycles. The number of hydrogen-bond donors (Lipinski definition) is 3. The molecule has 0 aromatic carbocycles. The minimum Gasteiger partial charge on any atom is -0.477 e. The Morgan fingerprint density at radius 2 is 2.29 bits per heavy atom. The lowest BCUT2D eigenvalue weighted by atomic mass is 10.0. The topological polar surface area (TPSA) is 173 Å². The van der Waals surface area contributed by atoms with Crippen molar-refractivity contribution in [1.82, 2.24) is 25.4 Å². The van der Waals surface area contributed by atoms with Gasteiger partial charge in [-0.15, -0.1) is 28.4 Å². The number of pyridine rings is 1. The summed E-state index contributed by atoms with van der Waals surface area (Å²) in [5.41, 5.74) is 7.71. The summed E-state index contributed by atoms with van der Waals surface area (Å²) >= 11 is 4.05. The molecule has 2 atom stereocenters. The number of nitrogens with one attached hydrogen (secondary N) is 1. The summed E-state index contributed by atoms with van der Waals surface area (Å²) in [7, 11) is 0. The summed E-state index contributed by atoms with van der Waals surface area (Å²) in [4.78, 5) is 48.2. The second-order valence-corrected chi connectivity index (χ2v) is 10.1. The molecule has 2 amide bonds. The van der Waals surface area contributed by atoms with Gasteiger partial charge >= 0.3 is 5.97 Å². The fraction of sp³-hybridized carbons (Fsp3) is 0.250. The maximum absolute atomic E-state index is 13.0. The van der Waals surface area contributed by atoms with E-state index in [1.54, 1.807) is 11.6 Å². The van der Waals surface area contributed by atoms with Gasteiger partial charge in [0.1, 0.15) is 34.1 Å². The summed E-state index contributed by atoms with van der Waals surface area (Å²) in [6.45, 7) is -0.182. The van der Waals surface area contributed by atoms with Crippen molar-refractivity contribution in [2.45, 2.75) is 15.8 Å². The van der Waals surface area contributed by atoms with Gasteiger partial charge in [0.2, 0.25) is 0 Å². The van der Waals surface area contributed by atoms with Crippen LogP contribution in [0.4, 0.5) is 5.82 Å². The number of thioether (sulfide) groups is 2. The molecule has 2 aromatic heterocycles. The molecule has 0 aliphatic carbocycles. The van der Waals surface area contributed by atoms with E-state index < -0.39 is 29.2 Å². The van der Waals surface area contributed by atoms with Gasteiger partial charge < -0.3 is 21.0 Å². The maximum Gasteiger partial charge on any atom is 0.352 e. The number of carbonyl (C=O) groups excluding carboxylic acids is 2. The molecule has 0 bridgehead atoms. The molecule has 2 aliphatic heterocycles. The Balaban J connectivity index is 1.51. The lowest BCUT2D eigenvalue weighted by molar-refractivity contribution is -0.150. The monoisotopic (exact) mass is 531 g/mol. The van der Waals surface area contributed by atoms with Crippen molar-refractivity contribution >= 4 is 64.2 Å². The smallest absolute Gasteiger partial charge is 0.352 e. The highest BCUT2D eigenvalue weighted by Crippen LogP contribution is 2.41. The number of rotatable bonds is 9. The largest absolute Gasteiger partial charge is 0.477 e. The number of carboxylic acids is 1. The van der Waals surface area contributed by atoms with Crippen LogP contribution in [0.25, 0.3) is 0 Å². The summed E-state index contributed by atoms with van der Waals surface area (Å²) in [5.74, 6) is 0.612. The average Bonchev–Trinajstić information content (AvgIpc) is 3.36. The van der Waals surface area contributed by atoms with Gasteiger partial charge in [0, 0.05) is 11.5 Å². The lowest BCUT2D eigenvalue weighted by Gasteiger charge is -2.49. The van der Waals surface area contributed by atoms with Crippen LogP contribution in [0, 0.1) is 12.3 Å². The fourth-order valence-electron chi connectivity index (χ4n) is 3.30. The number of carboxylic acid groups (broad SMARTS) is 1. The molecule has 12 nitrogen and oxygen atoms in total. The number of nitrogen functional groups attached to an aromatic ring is 1. The molecule has 0 saturated carbocycles. The third-order valence-corrected chi connectivity index (χ3v) is 8.06. The number of terminal acetylenes is 1. The Bertz CT molecular complexity index is 1260. The number of anilines is 1. The van der Waals surface area contributed by atoms with Crippen LogP contribution in [-0.2, 0) is 19.2 Å². The van der Waals surface area contributed by atoms with Gasteiger partial charge in [0.05, 0.1) is 0 Å². The quantitative estimate of drug-likeness (QED) is 0.102. The van der Waals surface area contributed by atoms with Crippen molar-refractivity contribution in [3.63, 3.8) is 0 Å². The van der Waals surface area contributed by atoms with Crippen molar-refractivity contribution in [1.29, 1.82) is 0 Å². The number of carbonyl (C=O) groups is 3. The number of fused-ring (bicyclic) bond motifs is 1. The van der Waals surface area contributed by atoms with Crippen LogP contribution in [0.5, 0.6) is 0 Å². The molecule has 0 spiro atoms. The summed E-state index contributed by atoms with van der Waals surface area (Å²) < 4.78 is 0.698. The molecular formula is C20H17N7O5S3. The van der Waals surface area contributed by atoms with Gasteiger partial charge in [-0.05, 0) is 17.7 Å². The number of amides is 2. The zero-order valence-electron chi connectivity index (χ0n) is 17.8. The van der Waals surface area contributed by atoms with Crippen molar-refractivity contribution < 1.29 is 24.3 Å². The van der Waals surface area contributed by atoms with Gasteiger partial charge in [0.25, 0.3) is 11.8 Å². The SMILES string of the molecule is C#CCO/N=C(\C(=O)NC1C(=O)N2C(C(=O)O)=C(CSc3nncs3)CS[C@H]12)c1cccc(N)n1. The molecule has 35 heavy (non-hydrogen) atoms. The van der Waals surface area contributed by atoms with Crippen LogP contribution in [0.1, 0.15) is 5.69 Å². The molecular weight excluding hydrogens is 514 g/mol. The van der Waals surface area contributed by atoms with E-state index in [4.69, 9.17) is 17.0 Å². The third-order valence-electron chi connectivity index (χ3n) is 4.78. The molecule has 4 N–H and O–H groups in total. The molecule has 2 aromatic rings. The molecule has 1 unspecified atom stereocenters. The van der Waals surface area contributed by atoms with E-state index in [1.807, 2.05) is 0 Å². The normalized spacial score (nSPS) is 19.5. The van der Waals surface area contributed by atoms with Crippen molar-refractivity contribution in [2.24, 2.45) is 5.16 Å². The summed E-state index contributed by atoms with van der Waals surface area (Å²) in [6.07, 6.45) is 5.16. The maximum atomic E-state index is 13.0. The highest BCUT2D eigenvalue weighted by Gasteiger charge is 2.54. The number of nitrogens with zero attached hydrogens (tertiary/aromatic N) is 5. The lowest BCUT2D eigenvalue weighted by Crippen LogP contribution is -2.71. The first kappa shape index (κ1) is 24.5. The molecule has 1 fully saturated rings. The molecule has 15 heteroatoms. The number of aromatic nitrogens is 3. The van der Waals surface area contributed by atoms with E-state index in [0.29, 0.717) is 21.4 Å². The van der Waals surface area contributed by atoms with Crippen LogP contribution in [0.2, 0.25) is 0 Å². The second kappa shape index (κ2) is 10.8. The number of aliphatic carboxylic acids is 1. The van der Waals surface area contributed by atoms with Crippen LogP contribution in [-0.4, -0.2) is 78.2 Å². The molecule has 2 aliphatic rings. The first-order valence-electron chi connectivity index (χ1n) is 9.86. The standard InChI is InChI=1S/C20H17N7O5S3/c1-2-6-32-26-13(11-4-3-5-12(21)23-11)16(28)24-14-17(29)27-15(19(30)31)10(7-33-18(14)27)8-34-20-25-22-9-35-20/h1,3-5,9,14,18H,6-8H2,(H2,21,23)(H,24,28)(H,30,31)/b26-13-/t14?,18-/m1/s1. The summed E-state index contributed by atoms with van der Waals surface area (Å²) in [5, 5.41) is 23.3. The van der Waals surface area contributed by atoms with Crippen LogP contribution >= 0.6 is 34.9 Å². The van der Waals surface area contributed by atoms with Crippen LogP contribution in [0.3, 0.4) is 0 Å². The predicted molar refractivity (Wildman–Crippen MR) is 130 cm³/mol. The van der Waals surface area contributed by atoms with Crippen molar-refractivity contribution in [3.05, 3.63) is 40.7 Å². The highest BCUT2D eigenvalue weighted by atomic mass is 32.2. The van der Waals surface area contributed by atoms with E-state index in [9.17, 15) is 19.5 Å². The minimum absolute atomic E-state index is 0.0787. The number of nitrogens with two attached hydrogens (primary N) is 1. The van der Waals surface area contributed by atoms with E-state index in [0.717, 1.165) is 0 Å². The zero-order valence-corrected chi connectivity index (χ0v) is 20.2. The Kier molecular flexibility index (Phi) is 7.54. The Morgan fingerprint density at radius 3 is 2.97 bits per heavy atom. The minimum atomic E-state index is -1.21. The summed E-state index contributed by atoms with van der Waals surface area (Å²) in [6, 6.07) is 3.66. The van der Waals surface area contributed by atoms with Crippen molar-refractivity contribution in [3.8, 4) is 12.3 Å². The van der Waals surface area contributed by atoms with Gasteiger partial charge in [-0.25, -0.2) is 9.78 Å². The molecule has 0 radical (unpaired) electrons. The number of oxime groups is 1. The van der Waals surface area contributed by atoms with Crippen LogP contribution < -0.4 is 11.1 Å². The van der Waals surface area contributed by atoms with E-state index in [-0.39, 0.29) is 29.5 Å². The van der Waals surface area contributed by atoms with Gasteiger partial charge in [-0.3, -0.25) is 14.5 Å². The van der Waals surface area contributed by atoms with Crippen molar-refractivity contribution in [2.75, 3.05) is 23.8 Å². The first-order chi connectivity index (χ1) is 16.9. The van der Waals surface area contributed by atoms with Crippen LogP contribution in [0.15, 0.2) is 44.5 Å². The van der Waals surface area contributed by atoms with E-state index >= 15 is 0 Å². The fourth-order valence-corrected chi connectivity index (χ4v) is 6.27. The predicted octanol–water partition coefficient (Wildman–Crippen LogP) is 0.400.